The molecule has 0 aromatic heterocycles. The van der Waals surface area contributed by atoms with Gasteiger partial charge in [-0.2, -0.15) is 0 Å². The van der Waals surface area contributed by atoms with Gasteiger partial charge in [0.15, 0.2) is 0 Å². The maximum absolute atomic E-state index is 12.2. The van der Waals surface area contributed by atoms with Gasteiger partial charge in [-0.1, -0.05) is 19.8 Å². The van der Waals surface area contributed by atoms with Crippen molar-refractivity contribution in [1.29, 1.82) is 0 Å². The summed E-state index contributed by atoms with van der Waals surface area (Å²) >= 11 is 0. The molecule has 0 saturated carbocycles. The summed E-state index contributed by atoms with van der Waals surface area (Å²) in [5, 5.41) is 11.4. The van der Waals surface area contributed by atoms with Crippen molar-refractivity contribution in [3.8, 4) is 0 Å². The number of urea groups is 1. The fourth-order valence-corrected chi connectivity index (χ4v) is 1.81. The van der Waals surface area contributed by atoms with E-state index in [1.165, 1.54) is 7.11 Å². The Balaban J connectivity index is 4.67. The topological polar surface area (TPSA) is 95.9 Å². The summed E-state index contributed by atoms with van der Waals surface area (Å²) in [5.41, 5.74) is 0. The number of carboxylic acids is 1. The molecule has 7 heteroatoms. The molecule has 0 fully saturated rings. The Kier molecular flexibility index (Phi) is 9.16. The number of ether oxygens (including phenoxy) is 1. The molecule has 0 radical (unpaired) electrons. The maximum atomic E-state index is 12.2. The van der Waals surface area contributed by atoms with Crippen LogP contribution in [0.5, 0.6) is 0 Å². The van der Waals surface area contributed by atoms with Crippen molar-refractivity contribution in [2.24, 2.45) is 0 Å². The fraction of sp³-hybridized carbons (Fsp3) is 0.786. The molecular weight excluding hydrogens is 276 g/mol. The molecule has 0 aliphatic rings. The highest BCUT2D eigenvalue weighted by Gasteiger charge is 2.26. The number of methoxy groups -OCH3 is 1. The van der Waals surface area contributed by atoms with Gasteiger partial charge in [0.25, 0.3) is 0 Å². The van der Waals surface area contributed by atoms with Gasteiger partial charge in [0.05, 0.1) is 13.5 Å². The molecule has 1 atom stereocenters. The fourth-order valence-electron chi connectivity index (χ4n) is 1.81. The van der Waals surface area contributed by atoms with Crippen LogP contribution in [0.1, 0.15) is 46.5 Å². The number of carboxylic acid groups (broad SMARTS) is 1. The summed E-state index contributed by atoms with van der Waals surface area (Å²) in [6.07, 6.45) is 2.50. The first-order chi connectivity index (χ1) is 9.83. The second-order valence-electron chi connectivity index (χ2n) is 5.11. The van der Waals surface area contributed by atoms with E-state index in [1.54, 1.807) is 4.90 Å². The Morgan fingerprint density at radius 2 is 1.86 bits per heavy atom. The van der Waals surface area contributed by atoms with Gasteiger partial charge in [-0.15, -0.1) is 0 Å². The van der Waals surface area contributed by atoms with Crippen molar-refractivity contribution in [3.63, 3.8) is 0 Å². The largest absolute Gasteiger partial charge is 0.480 e. The van der Waals surface area contributed by atoms with E-state index in [1.807, 2.05) is 13.8 Å². The van der Waals surface area contributed by atoms with Gasteiger partial charge in [-0.05, 0) is 20.3 Å². The van der Waals surface area contributed by atoms with Gasteiger partial charge in [0.1, 0.15) is 6.04 Å². The van der Waals surface area contributed by atoms with E-state index in [-0.39, 0.29) is 6.04 Å². The predicted molar refractivity (Wildman–Crippen MR) is 78.0 cm³/mol. The monoisotopic (exact) mass is 302 g/mol. The number of carbonyl (C=O) groups is 3. The molecule has 2 N–H and O–H groups in total. The Bertz CT molecular complexity index is 357. The van der Waals surface area contributed by atoms with Crippen LogP contribution in [0.2, 0.25) is 0 Å². The lowest BCUT2D eigenvalue weighted by atomic mass is 10.2. The van der Waals surface area contributed by atoms with Crippen LogP contribution in [-0.2, 0) is 14.3 Å². The predicted octanol–water partition coefficient (Wildman–Crippen LogP) is 1.61. The minimum Gasteiger partial charge on any atom is -0.480 e. The van der Waals surface area contributed by atoms with Gasteiger partial charge < -0.3 is 20.1 Å². The summed E-state index contributed by atoms with van der Waals surface area (Å²) in [5.74, 6) is -1.93. The lowest BCUT2D eigenvalue weighted by Crippen LogP contribution is -2.51. The van der Waals surface area contributed by atoms with E-state index in [4.69, 9.17) is 5.11 Å². The average Bonchev–Trinajstić information content (AvgIpc) is 2.41. The zero-order valence-electron chi connectivity index (χ0n) is 13.2. The summed E-state index contributed by atoms with van der Waals surface area (Å²) in [7, 11) is 1.17. The number of carbonyl (C=O) groups excluding carboxylic acids is 2. The van der Waals surface area contributed by atoms with E-state index in [0.29, 0.717) is 6.54 Å². The van der Waals surface area contributed by atoms with Crippen LogP contribution in [0.4, 0.5) is 4.79 Å². The molecular formula is C14H26N2O5. The van der Waals surface area contributed by atoms with E-state index >= 15 is 0 Å². The molecule has 0 aromatic rings. The summed E-state index contributed by atoms with van der Waals surface area (Å²) in [4.78, 5) is 36.0. The number of aliphatic carboxylic acids is 1. The van der Waals surface area contributed by atoms with E-state index < -0.39 is 30.4 Å². The lowest BCUT2D eigenvalue weighted by Gasteiger charge is -2.28. The minimum atomic E-state index is -1.28. The molecule has 0 bridgehead atoms. The van der Waals surface area contributed by atoms with Crippen LogP contribution in [0.15, 0.2) is 0 Å². The van der Waals surface area contributed by atoms with Crippen molar-refractivity contribution in [3.05, 3.63) is 0 Å². The molecule has 0 rings (SSSR count). The van der Waals surface area contributed by atoms with E-state index in [2.05, 4.69) is 17.0 Å². The highest BCUT2D eigenvalue weighted by Crippen LogP contribution is 2.05. The molecule has 122 valence electrons. The summed E-state index contributed by atoms with van der Waals surface area (Å²) in [6.45, 7) is 6.35. The minimum absolute atomic E-state index is 0.0468. The van der Waals surface area contributed by atoms with Crippen LogP contribution in [0, 0.1) is 0 Å². The number of hydrogen-bond acceptors (Lipinski definition) is 4. The Hall–Kier alpha value is -1.79. The summed E-state index contributed by atoms with van der Waals surface area (Å²) in [6, 6.07) is -1.80. The smallest absolute Gasteiger partial charge is 0.326 e. The van der Waals surface area contributed by atoms with E-state index in [9.17, 15) is 14.4 Å². The molecule has 0 aliphatic heterocycles. The number of esters is 1. The van der Waals surface area contributed by atoms with Crippen LogP contribution >= 0.6 is 0 Å². The van der Waals surface area contributed by atoms with Crippen molar-refractivity contribution < 1.29 is 24.2 Å². The standard InChI is InChI=1S/C14H26N2O5/c1-5-6-7-8-16(10(2)3)14(20)15-11(13(18)19)9-12(17)21-4/h10-11H,5-9H2,1-4H3,(H,15,20)(H,18,19)/t11-/m0/s1. The van der Waals surface area contributed by atoms with Crippen molar-refractivity contribution in [1.82, 2.24) is 10.2 Å². The first kappa shape index (κ1) is 19.2. The molecule has 0 saturated heterocycles. The number of nitrogens with zero attached hydrogens (tertiary/aromatic N) is 1. The zero-order chi connectivity index (χ0) is 16.4. The second-order valence-corrected chi connectivity index (χ2v) is 5.11. The van der Waals surface area contributed by atoms with Gasteiger partial charge >= 0.3 is 18.0 Å². The Labute approximate surface area is 125 Å². The molecule has 0 aromatic carbocycles. The van der Waals surface area contributed by atoms with Gasteiger partial charge in [-0.25, -0.2) is 9.59 Å². The van der Waals surface area contributed by atoms with Crippen molar-refractivity contribution in [2.75, 3.05) is 13.7 Å². The van der Waals surface area contributed by atoms with E-state index in [0.717, 1.165) is 19.3 Å². The highest BCUT2D eigenvalue weighted by molar-refractivity contribution is 5.86. The third-order valence-corrected chi connectivity index (χ3v) is 3.08. The molecule has 2 amide bonds. The third kappa shape index (κ3) is 7.53. The molecule has 0 spiro atoms. The molecule has 0 aliphatic carbocycles. The highest BCUT2D eigenvalue weighted by atomic mass is 16.5. The molecule has 0 unspecified atom stereocenters. The number of nitrogens with one attached hydrogen (secondary N) is 1. The first-order valence-corrected chi connectivity index (χ1v) is 7.20. The van der Waals surface area contributed by atoms with Crippen molar-refractivity contribution >= 4 is 18.0 Å². The maximum Gasteiger partial charge on any atom is 0.326 e. The lowest BCUT2D eigenvalue weighted by molar-refractivity contribution is -0.147. The van der Waals surface area contributed by atoms with Crippen molar-refractivity contribution in [2.45, 2.75) is 58.5 Å². The Morgan fingerprint density at radius 3 is 2.29 bits per heavy atom. The molecule has 0 heterocycles. The molecule has 21 heavy (non-hydrogen) atoms. The molecule has 7 nitrogen and oxygen atoms in total. The van der Waals surface area contributed by atoms with Gasteiger partial charge in [0.2, 0.25) is 0 Å². The average molecular weight is 302 g/mol. The third-order valence-electron chi connectivity index (χ3n) is 3.08. The number of amides is 2. The zero-order valence-corrected chi connectivity index (χ0v) is 13.2. The van der Waals surface area contributed by atoms with Crippen LogP contribution in [-0.4, -0.2) is 53.7 Å². The number of unbranched alkanes of at least 4 members (excludes halogenated alkanes) is 2. The van der Waals surface area contributed by atoms with Crippen LogP contribution < -0.4 is 5.32 Å². The normalized spacial score (nSPS) is 11.9. The van der Waals surface area contributed by atoms with Crippen LogP contribution in [0.25, 0.3) is 0 Å². The Morgan fingerprint density at radius 1 is 1.24 bits per heavy atom. The van der Waals surface area contributed by atoms with Gasteiger partial charge in [-0.3, -0.25) is 4.79 Å². The first-order valence-electron chi connectivity index (χ1n) is 7.20. The SMILES string of the molecule is CCCCCN(C(=O)N[C@@H](CC(=O)OC)C(=O)O)C(C)C. The summed E-state index contributed by atoms with van der Waals surface area (Å²) < 4.78 is 4.43. The number of hydrogen-bond donors (Lipinski definition) is 2. The number of rotatable bonds is 9. The quantitative estimate of drug-likeness (QED) is 0.498. The van der Waals surface area contributed by atoms with Gasteiger partial charge in [0, 0.05) is 12.6 Å². The second kappa shape index (κ2) is 10.0. The van der Waals surface area contributed by atoms with Crippen LogP contribution in [0.3, 0.4) is 0 Å².